The Kier molecular flexibility index (Phi) is 4.65. The van der Waals surface area contributed by atoms with Gasteiger partial charge in [0.05, 0.1) is 11.6 Å². The van der Waals surface area contributed by atoms with Crippen molar-refractivity contribution in [2.75, 3.05) is 5.75 Å². The minimum absolute atomic E-state index is 0.515. The Bertz CT molecular complexity index is 698. The van der Waals surface area contributed by atoms with Crippen LogP contribution in [0.15, 0.2) is 47.4 Å². The maximum Gasteiger partial charge on any atom is 0.146 e. The SMILES string of the molecule is CCSc1cccc(Oc2cccc(C#N)c2)c1C#N. The fourth-order valence-electron chi connectivity index (χ4n) is 1.74. The van der Waals surface area contributed by atoms with Gasteiger partial charge >= 0.3 is 0 Å². The zero-order valence-corrected chi connectivity index (χ0v) is 11.8. The number of hydrogen-bond acceptors (Lipinski definition) is 4. The summed E-state index contributed by atoms with van der Waals surface area (Å²) in [5.74, 6) is 1.96. The molecule has 0 atom stereocenters. The van der Waals surface area contributed by atoms with Crippen molar-refractivity contribution in [2.45, 2.75) is 11.8 Å². The molecular formula is C16H12N2OS. The van der Waals surface area contributed by atoms with Crippen LogP contribution in [0, 0.1) is 22.7 Å². The average Bonchev–Trinajstić information content (AvgIpc) is 2.48. The molecule has 0 aliphatic rings. The van der Waals surface area contributed by atoms with Crippen LogP contribution >= 0.6 is 11.8 Å². The lowest BCUT2D eigenvalue weighted by Crippen LogP contribution is -1.91. The topological polar surface area (TPSA) is 56.8 Å². The summed E-state index contributed by atoms with van der Waals surface area (Å²) >= 11 is 1.60. The second-order valence-electron chi connectivity index (χ2n) is 3.92. The van der Waals surface area contributed by atoms with Gasteiger partial charge in [0.1, 0.15) is 23.1 Å². The Morgan fingerprint density at radius 2 is 1.90 bits per heavy atom. The van der Waals surface area contributed by atoms with E-state index < -0.39 is 0 Å². The molecule has 0 saturated carbocycles. The molecule has 0 heterocycles. The molecule has 0 bridgehead atoms. The van der Waals surface area contributed by atoms with E-state index in [1.807, 2.05) is 19.1 Å². The van der Waals surface area contributed by atoms with E-state index in [4.69, 9.17) is 10.00 Å². The van der Waals surface area contributed by atoms with Gasteiger partial charge in [-0.05, 0) is 36.1 Å². The van der Waals surface area contributed by atoms with Crippen molar-refractivity contribution in [3.63, 3.8) is 0 Å². The Hall–Kier alpha value is -2.43. The molecule has 98 valence electrons. The van der Waals surface area contributed by atoms with Gasteiger partial charge in [-0.3, -0.25) is 0 Å². The fraction of sp³-hybridized carbons (Fsp3) is 0.125. The molecular weight excluding hydrogens is 268 g/mol. The van der Waals surface area contributed by atoms with Gasteiger partial charge < -0.3 is 4.74 Å². The third-order valence-electron chi connectivity index (χ3n) is 2.59. The van der Waals surface area contributed by atoms with Gasteiger partial charge in [-0.1, -0.05) is 19.1 Å². The highest BCUT2D eigenvalue weighted by Gasteiger charge is 2.10. The first-order valence-corrected chi connectivity index (χ1v) is 7.11. The Balaban J connectivity index is 2.36. The zero-order valence-electron chi connectivity index (χ0n) is 11.0. The second kappa shape index (κ2) is 6.65. The van der Waals surface area contributed by atoms with Gasteiger partial charge in [0.25, 0.3) is 0 Å². The summed E-state index contributed by atoms with van der Waals surface area (Å²) < 4.78 is 5.74. The minimum Gasteiger partial charge on any atom is -0.456 e. The maximum atomic E-state index is 9.31. The predicted octanol–water partition coefficient (Wildman–Crippen LogP) is 4.33. The lowest BCUT2D eigenvalue weighted by molar-refractivity contribution is 0.479. The van der Waals surface area contributed by atoms with Crippen LogP contribution in [0.5, 0.6) is 11.5 Å². The largest absolute Gasteiger partial charge is 0.456 e. The van der Waals surface area contributed by atoms with Crippen LogP contribution in [0.25, 0.3) is 0 Å². The molecule has 4 heteroatoms. The molecule has 0 radical (unpaired) electrons. The first-order chi connectivity index (χ1) is 9.78. The van der Waals surface area contributed by atoms with Crippen molar-refractivity contribution < 1.29 is 4.74 Å². The Labute approximate surface area is 122 Å². The van der Waals surface area contributed by atoms with Gasteiger partial charge in [-0.15, -0.1) is 11.8 Å². The second-order valence-corrected chi connectivity index (χ2v) is 5.22. The van der Waals surface area contributed by atoms with E-state index in [-0.39, 0.29) is 0 Å². The molecule has 0 aromatic heterocycles. The monoisotopic (exact) mass is 280 g/mol. The number of thioether (sulfide) groups is 1. The van der Waals surface area contributed by atoms with E-state index >= 15 is 0 Å². The lowest BCUT2D eigenvalue weighted by atomic mass is 10.2. The van der Waals surface area contributed by atoms with E-state index in [1.54, 1.807) is 42.1 Å². The van der Waals surface area contributed by atoms with Gasteiger partial charge in [0.15, 0.2) is 0 Å². The minimum atomic E-state index is 0.515. The number of nitrogens with zero attached hydrogens (tertiary/aromatic N) is 2. The highest BCUT2D eigenvalue weighted by atomic mass is 32.2. The van der Waals surface area contributed by atoms with Crippen molar-refractivity contribution >= 4 is 11.8 Å². The van der Waals surface area contributed by atoms with Crippen LogP contribution in [-0.4, -0.2) is 5.75 Å². The first-order valence-electron chi connectivity index (χ1n) is 6.12. The summed E-state index contributed by atoms with van der Waals surface area (Å²) in [6.07, 6.45) is 0. The van der Waals surface area contributed by atoms with E-state index in [2.05, 4.69) is 12.1 Å². The molecule has 0 N–H and O–H groups in total. The highest BCUT2D eigenvalue weighted by molar-refractivity contribution is 7.99. The maximum absolute atomic E-state index is 9.31. The molecule has 3 nitrogen and oxygen atoms in total. The molecule has 0 fully saturated rings. The van der Waals surface area contributed by atoms with E-state index in [1.165, 1.54) is 0 Å². The summed E-state index contributed by atoms with van der Waals surface area (Å²) in [6.45, 7) is 2.04. The number of ether oxygens (including phenoxy) is 1. The summed E-state index contributed by atoms with van der Waals surface area (Å²) in [5.41, 5.74) is 1.06. The van der Waals surface area contributed by atoms with Gasteiger partial charge in [-0.2, -0.15) is 10.5 Å². The lowest BCUT2D eigenvalue weighted by Gasteiger charge is -2.10. The van der Waals surface area contributed by atoms with E-state index in [0.717, 1.165) is 10.6 Å². The number of nitriles is 2. The molecule has 0 saturated heterocycles. The number of rotatable bonds is 4. The standard InChI is InChI=1S/C16H12N2OS/c1-2-20-16-8-4-7-15(14(16)11-18)19-13-6-3-5-12(9-13)10-17/h3-9H,2H2,1H3. The van der Waals surface area contributed by atoms with Crippen LogP contribution in [0.1, 0.15) is 18.1 Å². The molecule has 0 amide bonds. The van der Waals surface area contributed by atoms with Crippen molar-refractivity contribution in [2.24, 2.45) is 0 Å². The molecule has 2 rings (SSSR count). The Morgan fingerprint density at radius 1 is 1.10 bits per heavy atom. The van der Waals surface area contributed by atoms with E-state index in [0.29, 0.717) is 22.6 Å². The number of hydrogen-bond donors (Lipinski definition) is 0. The van der Waals surface area contributed by atoms with Crippen LogP contribution < -0.4 is 4.74 Å². The van der Waals surface area contributed by atoms with Gasteiger partial charge in [-0.25, -0.2) is 0 Å². The molecule has 0 aliphatic carbocycles. The highest BCUT2D eigenvalue weighted by Crippen LogP contribution is 2.32. The molecule has 0 aliphatic heterocycles. The van der Waals surface area contributed by atoms with Crippen LogP contribution in [0.2, 0.25) is 0 Å². The predicted molar refractivity (Wildman–Crippen MR) is 78.8 cm³/mol. The molecule has 0 spiro atoms. The summed E-state index contributed by atoms with van der Waals surface area (Å²) in [7, 11) is 0. The molecule has 2 aromatic carbocycles. The van der Waals surface area contributed by atoms with Crippen molar-refractivity contribution in [3.8, 4) is 23.6 Å². The molecule has 20 heavy (non-hydrogen) atoms. The molecule has 0 unspecified atom stereocenters. The van der Waals surface area contributed by atoms with Crippen LogP contribution in [0.3, 0.4) is 0 Å². The summed E-state index contributed by atoms with van der Waals surface area (Å²) in [4.78, 5) is 0.906. The quantitative estimate of drug-likeness (QED) is 0.782. The zero-order chi connectivity index (χ0) is 14.4. The van der Waals surface area contributed by atoms with Crippen molar-refractivity contribution in [1.82, 2.24) is 0 Å². The van der Waals surface area contributed by atoms with Crippen molar-refractivity contribution in [3.05, 3.63) is 53.6 Å². The van der Waals surface area contributed by atoms with Gasteiger partial charge in [0, 0.05) is 4.90 Å². The van der Waals surface area contributed by atoms with Gasteiger partial charge in [0.2, 0.25) is 0 Å². The summed E-state index contributed by atoms with van der Waals surface area (Å²) in [5, 5.41) is 18.2. The van der Waals surface area contributed by atoms with Crippen LogP contribution in [-0.2, 0) is 0 Å². The Morgan fingerprint density at radius 3 is 2.60 bits per heavy atom. The fourth-order valence-corrected chi connectivity index (χ4v) is 2.51. The smallest absolute Gasteiger partial charge is 0.146 e. The van der Waals surface area contributed by atoms with Crippen LogP contribution in [0.4, 0.5) is 0 Å². The van der Waals surface area contributed by atoms with Crippen molar-refractivity contribution in [1.29, 1.82) is 10.5 Å². The normalized spacial score (nSPS) is 9.55. The summed E-state index contributed by atoms with van der Waals surface area (Å²) in [6, 6.07) is 16.7. The number of benzene rings is 2. The third kappa shape index (κ3) is 3.12. The third-order valence-corrected chi connectivity index (χ3v) is 3.53. The first kappa shape index (κ1) is 14.0. The average molecular weight is 280 g/mol. The molecule has 2 aromatic rings. The van der Waals surface area contributed by atoms with E-state index in [9.17, 15) is 5.26 Å².